The maximum absolute atomic E-state index is 12.0. The highest BCUT2D eigenvalue weighted by atomic mass is 16.4. The molecule has 0 saturated heterocycles. The molecule has 21 heavy (non-hydrogen) atoms. The summed E-state index contributed by atoms with van der Waals surface area (Å²) in [7, 11) is 0. The molecule has 0 aliphatic heterocycles. The highest BCUT2D eigenvalue weighted by Crippen LogP contribution is 2.17. The SMILES string of the molecule is CCCCCC(O)CC(=O)C(C(=O)O)C(O)CCCCC. The molecular weight excluding hydrogens is 272 g/mol. The Morgan fingerprint density at radius 2 is 1.43 bits per heavy atom. The largest absolute Gasteiger partial charge is 0.481 e. The molecule has 3 N–H and O–H groups in total. The number of carbonyl (C=O) groups excluding carboxylic acids is 1. The van der Waals surface area contributed by atoms with Gasteiger partial charge < -0.3 is 15.3 Å². The monoisotopic (exact) mass is 302 g/mol. The molecule has 3 unspecified atom stereocenters. The summed E-state index contributed by atoms with van der Waals surface area (Å²) in [6.45, 7) is 4.06. The van der Waals surface area contributed by atoms with Gasteiger partial charge in [0, 0.05) is 6.42 Å². The van der Waals surface area contributed by atoms with E-state index >= 15 is 0 Å². The lowest BCUT2D eigenvalue weighted by Crippen LogP contribution is -2.36. The van der Waals surface area contributed by atoms with E-state index in [1.165, 1.54) is 0 Å². The average Bonchev–Trinajstić information content (AvgIpc) is 2.38. The van der Waals surface area contributed by atoms with E-state index in [1.807, 2.05) is 13.8 Å². The van der Waals surface area contributed by atoms with Crippen LogP contribution < -0.4 is 0 Å². The number of carboxylic acids is 1. The maximum Gasteiger partial charge on any atom is 0.316 e. The summed E-state index contributed by atoms with van der Waals surface area (Å²) in [5.74, 6) is -3.29. The first-order valence-corrected chi connectivity index (χ1v) is 8.05. The minimum Gasteiger partial charge on any atom is -0.481 e. The van der Waals surface area contributed by atoms with E-state index in [1.54, 1.807) is 0 Å². The number of hydrogen-bond acceptors (Lipinski definition) is 4. The predicted octanol–water partition coefficient (Wildman–Crippen LogP) is 2.53. The number of hydrogen-bond donors (Lipinski definition) is 3. The van der Waals surface area contributed by atoms with Crippen LogP contribution >= 0.6 is 0 Å². The fourth-order valence-corrected chi connectivity index (χ4v) is 2.38. The van der Waals surface area contributed by atoms with E-state index in [2.05, 4.69) is 0 Å². The fraction of sp³-hybridized carbons (Fsp3) is 0.875. The number of aliphatic carboxylic acids is 1. The molecular formula is C16H30O5. The number of aliphatic hydroxyl groups excluding tert-OH is 2. The molecule has 0 aromatic rings. The van der Waals surface area contributed by atoms with Gasteiger partial charge in [-0.3, -0.25) is 9.59 Å². The van der Waals surface area contributed by atoms with E-state index in [0.717, 1.165) is 32.1 Å². The molecule has 0 bridgehead atoms. The van der Waals surface area contributed by atoms with Crippen molar-refractivity contribution in [1.29, 1.82) is 0 Å². The van der Waals surface area contributed by atoms with Gasteiger partial charge in [0.1, 0.15) is 5.92 Å². The minimum absolute atomic E-state index is 0.189. The standard InChI is InChI=1S/C16H30O5/c1-3-5-7-9-12(17)11-14(19)15(16(20)21)13(18)10-8-6-4-2/h12-13,15,17-18H,3-11H2,1-2H3,(H,20,21). The molecule has 0 radical (unpaired) electrons. The molecule has 124 valence electrons. The molecule has 0 aliphatic rings. The summed E-state index contributed by atoms with van der Waals surface area (Å²) in [5, 5.41) is 28.8. The molecule has 0 fully saturated rings. The van der Waals surface area contributed by atoms with Crippen LogP contribution in [0.15, 0.2) is 0 Å². The Morgan fingerprint density at radius 1 is 0.905 bits per heavy atom. The van der Waals surface area contributed by atoms with Crippen LogP contribution in [0.3, 0.4) is 0 Å². The summed E-state index contributed by atoms with van der Waals surface area (Å²) in [6, 6.07) is 0. The van der Waals surface area contributed by atoms with E-state index < -0.39 is 29.9 Å². The second-order valence-corrected chi connectivity index (χ2v) is 5.70. The topological polar surface area (TPSA) is 94.8 Å². The summed E-state index contributed by atoms with van der Waals surface area (Å²) < 4.78 is 0. The van der Waals surface area contributed by atoms with E-state index in [4.69, 9.17) is 5.11 Å². The smallest absolute Gasteiger partial charge is 0.316 e. The quantitative estimate of drug-likeness (QED) is 0.359. The zero-order valence-corrected chi connectivity index (χ0v) is 13.3. The lowest BCUT2D eigenvalue weighted by atomic mass is 9.90. The summed E-state index contributed by atoms with van der Waals surface area (Å²) in [6.07, 6.45) is 4.03. The number of ketones is 1. The van der Waals surface area contributed by atoms with Crippen LogP contribution in [0.2, 0.25) is 0 Å². The third kappa shape index (κ3) is 8.83. The minimum atomic E-state index is -1.41. The Balaban J connectivity index is 4.37. The number of aliphatic hydroxyl groups is 2. The third-order valence-electron chi connectivity index (χ3n) is 3.68. The zero-order valence-electron chi connectivity index (χ0n) is 13.3. The van der Waals surface area contributed by atoms with E-state index in [-0.39, 0.29) is 6.42 Å². The van der Waals surface area contributed by atoms with Crippen molar-refractivity contribution in [3.05, 3.63) is 0 Å². The molecule has 0 amide bonds. The Labute approximate surface area is 127 Å². The van der Waals surface area contributed by atoms with Crippen molar-refractivity contribution in [2.24, 2.45) is 5.92 Å². The van der Waals surface area contributed by atoms with E-state index in [9.17, 15) is 19.8 Å². The van der Waals surface area contributed by atoms with Gasteiger partial charge in [0.25, 0.3) is 0 Å². The molecule has 0 heterocycles. The van der Waals surface area contributed by atoms with Crippen LogP contribution in [0.4, 0.5) is 0 Å². The molecule has 0 rings (SSSR count). The molecule has 0 saturated carbocycles. The molecule has 3 atom stereocenters. The van der Waals surface area contributed by atoms with Gasteiger partial charge in [0.05, 0.1) is 12.2 Å². The Morgan fingerprint density at radius 3 is 1.90 bits per heavy atom. The number of carbonyl (C=O) groups is 2. The van der Waals surface area contributed by atoms with Crippen molar-refractivity contribution in [2.45, 2.75) is 83.8 Å². The predicted molar refractivity (Wildman–Crippen MR) is 81.0 cm³/mol. The fourth-order valence-electron chi connectivity index (χ4n) is 2.38. The normalized spacial score (nSPS) is 15.4. The Bertz CT molecular complexity index is 303. The van der Waals surface area contributed by atoms with Crippen molar-refractivity contribution in [1.82, 2.24) is 0 Å². The molecule has 0 aromatic carbocycles. The van der Waals surface area contributed by atoms with Crippen LogP contribution in [-0.2, 0) is 9.59 Å². The molecule has 5 heteroatoms. The zero-order chi connectivity index (χ0) is 16.3. The number of carboxylic acid groups (broad SMARTS) is 1. The lowest BCUT2D eigenvalue weighted by Gasteiger charge is -2.19. The highest BCUT2D eigenvalue weighted by molar-refractivity contribution is 5.99. The van der Waals surface area contributed by atoms with Crippen molar-refractivity contribution >= 4 is 11.8 Å². The molecule has 0 aliphatic carbocycles. The Hall–Kier alpha value is -0.940. The van der Waals surface area contributed by atoms with Crippen molar-refractivity contribution in [3.63, 3.8) is 0 Å². The van der Waals surface area contributed by atoms with Crippen molar-refractivity contribution in [3.8, 4) is 0 Å². The van der Waals surface area contributed by atoms with Crippen LogP contribution in [0.25, 0.3) is 0 Å². The first-order valence-electron chi connectivity index (χ1n) is 8.05. The lowest BCUT2D eigenvalue weighted by molar-refractivity contribution is -0.151. The Kier molecular flexibility index (Phi) is 11.2. The van der Waals surface area contributed by atoms with Crippen LogP contribution in [0.5, 0.6) is 0 Å². The summed E-state index contributed by atoms with van der Waals surface area (Å²) in [5.41, 5.74) is 0. The van der Waals surface area contributed by atoms with E-state index in [0.29, 0.717) is 19.3 Å². The van der Waals surface area contributed by atoms with Crippen LogP contribution in [0, 0.1) is 5.92 Å². The van der Waals surface area contributed by atoms with Crippen molar-refractivity contribution in [2.75, 3.05) is 0 Å². The van der Waals surface area contributed by atoms with Crippen LogP contribution in [0.1, 0.15) is 71.6 Å². The van der Waals surface area contributed by atoms with Gasteiger partial charge in [-0.25, -0.2) is 0 Å². The van der Waals surface area contributed by atoms with Gasteiger partial charge >= 0.3 is 5.97 Å². The second-order valence-electron chi connectivity index (χ2n) is 5.70. The van der Waals surface area contributed by atoms with Gasteiger partial charge in [0.15, 0.2) is 5.78 Å². The van der Waals surface area contributed by atoms with Gasteiger partial charge in [0.2, 0.25) is 0 Å². The highest BCUT2D eigenvalue weighted by Gasteiger charge is 2.33. The second kappa shape index (κ2) is 11.7. The van der Waals surface area contributed by atoms with Crippen molar-refractivity contribution < 1.29 is 24.9 Å². The van der Waals surface area contributed by atoms with Gasteiger partial charge in [-0.05, 0) is 12.8 Å². The first kappa shape index (κ1) is 20.1. The molecule has 5 nitrogen and oxygen atoms in total. The average molecular weight is 302 g/mol. The van der Waals surface area contributed by atoms with Gasteiger partial charge in [-0.2, -0.15) is 0 Å². The number of Topliss-reactive ketones (excluding diaryl/α,β-unsaturated/α-hetero) is 1. The number of unbranched alkanes of at least 4 members (excludes halogenated alkanes) is 4. The van der Waals surface area contributed by atoms with Crippen LogP contribution in [-0.4, -0.2) is 39.3 Å². The maximum atomic E-state index is 12.0. The van der Waals surface area contributed by atoms with Gasteiger partial charge in [-0.1, -0.05) is 52.4 Å². The molecule has 0 aromatic heterocycles. The van der Waals surface area contributed by atoms with Gasteiger partial charge in [-0.15, -0.1) is 0 Å². The molecule has 0 spiro atoms. The summed E-state index contributed by atoms with van der Waals surface area (Å²) >= 11 is 0. The summed E-state index contributed by atoms with van der Waals surface area (Å²) in [4.78, 5) is 23.2. The third-order valence-corrected chi connectivity index (χ3v) is 3.68. The first-order chi connectivity index (χ1) is 9.93. The number of rotatable bonds is 13.